The fourth-order valence-corrected chi connectivity index (χ4v) is 3.39. The number of nitrogens with one attached hydrogen (secondary N) is 2. The molecule has 7 nitrogen and oxygen atoms in total. The predicted molar refractivity (Wildman–Crippen MR) is 122 cm³/mol. The van der Waals surface area contributed by atoms with Crippen molar-refractivity contribution in [1.82, 2.24) is 20.3 Å². The molecule has 0 unspecified atom stereocenters. The summed E-state index contributed by atoms with van der Waals surface area (Å²) < 4.78 is 20.1. The molecule has 3 N–H and O–H groups in total. The first-order valence-electron chi connectivity index (χ1n) is 10.2. The Kier molecular flexibility index (Phi) is 7.03. The molecule has 0 spiro atoms. The van der Waals surface area contributed by atoms with Crippen LogP contribution in [0.5, 0.6) is 5.75 Å². The van der Waals surface area contributed by atoms with Crippen molar-refractivity contribution in [3.05, 3.63) is 35.4 Å². The number of methoxy groups -OCH3 is 1. The molecule has 0 fully saturated rings. The van der Waals surface area contributed by atoms with E-state index in [0.717, 1.165) is 0 Å². The number of halogens is 2. The summed E-state index contributed by atoms with van der Waals surface area (Å²) >= 11 is 6.31. The van der Waals surface area contributed by atoms with Crippen LogP contribution in [0.25, 0.3) is 22.3 Å². The van der Waals surface area contributed by atoms with E-state index in [0.29, 0.717) is 47.8 Å². The highest BCUT2D eigenvalue weighted by Gasteiger charge is 2.24. The van der Waals surface area contributed by atoms with Crippen molar-refractivity contribution in [2.24, 2.45) is 5.92 Å². The van der Waals surface area contributed by atoms with E-state index >= 15 is 0 Å². The Hall–Kier alpha value is -2.42. The first kappa shape index (κ1) is 23.2. The first-order chi connectivity index (χ1) is 14.6. The van der Waals surface area contributed by atoms with Gasteiger partial charge >= 0.3 is 0 Å². The van der Waals surface area contributed by atoms with E-state index in [1.165, 1.54) is 6.07 Å². The highest BCUT2D eigenvalue weighted by Crippen LogP contribution is 2.34. The minimum absolute atomic E-state index is 0.137. The molecular formula is C22H29ClFN5O2. The van der Waals surface area contributed by atoms with E-state index in [1.807, 2.05) is 32.7 Å². The number of hydrogen-bond acceptors (Lipinski definition) is 6. The quantitative estimate of drug-likeness (QED) is 0.430. The number of aromatic nitrogens is 3. The minimum atomic E-state index is -0.790. The summed E-state index contributed by atoms with van der Waals surface area (Å²) in [5, 5.41) is 14.5. The van der Waals surface area contributed by atoms with Gasteiger partial charge in [0.1, 0.15) is 22.9 Å². The van der Waals surface area contributed by atoms with Crippen LogP contribution < -0.4 is 15.0 Å². The van der Waals surface area contributed by atoms with Crippen LogP contribution in [0.3, 0.4) is 0 Å². The van der Waals surface area contributed by atoms with Crippen molar-refractivity contribution in [1.29, 1.82) is 0 Å². The lowest BCUT2D eigenvalue weighted by molar-refractivity contribution is 0.0146. The molecule has 3 aromatic rings. The third kappa shape index (κ3) is 5.08. The molecule has 0 aromatic carbocycles. The lowest BCUT2D eigenvalue weighted by atomic mass is 9.93. The van der Waals surface area contributed by atoms with Gasteiger partial charge in [0.15, 0.2) is 5.82 Å². The Labute approximate surface area is 186 Å². The summed E-state index contributed by atoms with van der Waals surface area (Å²) in [5.74, 6) is 0.666. The molecule has 3 rings (SSSR count). The number of hydrogen-bond donors (Lipinski definition) is 3. The standard InChI is InChI=1S/C22H29ClFN5O2/c1-13(2)22(3,30)12-25-6-7-29(4)21-17(23)9-18(24)19(28-21)16-11-27-20-15(16)8-14(31-5)10-26-20/h8-11,13,25,30H,6-7,12H2,1-5H3,(H,26,27)/t22-/m0/s1. The lowest BCUT2D eigenvalue weighted by Crippen LogP contribution is -2.44. The number of pyridine rings is 2. The molecule has 3 heterocycles. The lowest BCUT2D eigenvalue weighted by Gasteiger charge is -2.28. The summed E-state index contributed by atoms with van der Waals surface area (Å²) in [7, 11) is 3.40. The Morgan fingerprint density at radius 1 is 1.39 bits per heavy atom. The third-order valence-electron chi connectivity index (χ3n) is 5.62. The fourth-order valence-electron chi connectivity index (χ4n) is 3.10. The van der Waals surface area contributed by atoms with E-state index in [-0.39, 0.29) is 16.6 Å². The Balaban J connectivity index is 1.82. The summed E-state index contributed by atoms with van der Waals surface area (Å²) in [6, 6.07) is 3.07. The summed E-state index contributed by atoms with van der Waals surface area (Å²) in [5.41, 5.74) is 0.588. The zero-order valence-corrected chi connectivity index (χ0v) is 19.2. The van der Waals surface area contributed by atoms with Gasteiger partial charge in [-0.25, -0.2) is 14.4 Å². The number of nitrogens with zero attached hydrogens (tertiary/aromatic N) is 3. The maximum atomic E-state index is 14.8. The normalized spacial score (nSPS) is 13.6. The average molecular weight is 450 g/mol. The van der Waals surface area contributed by atoms with E-state index in [4.69, 9.17) is 16.3 Å². The summed E-state index contributed by atoms with van der Waals surface area (Å²) in [4.78, 5) is 13.7. The summed E-state index contributed by atoms with van der Waals surface area (Å²) in [6.45, 7) is 7.43. The molecule has 0 radical (unpaired) electrons. The molecule has 0 aliphatic carbocycles. The van der Waals surface area contributed by atoms with Gasteiger partial charge in [0.2, 0.25) is 0 Å². The molecule has 0 amide bonds. The van der Waals surface area contributed by atoms with E-state index in [2.05, 4.69) is 20.3 Å². The van der Waals surface area contributed by atoms with Crippen molar-refractivity contribution in [2.75, 3.05) is 38.7 Å². The summed E-state index contributed by atoms with van der Waals surface area (Å²) in [6.07, 6.45) is 3.27. The molecule has 31 heavy (non-hydrogen) atoms. The van der Waals surface area contributed by atoms with Gasteiger partial charge < -0.3 is 25.0 Å². The van der Waals surface area contributed by atoms with Crippen LogP contribution >= 0.6 is 11.6 Å². The number of anilines is 1. The predicted octanol–water partition coefficient (Wildman–Crippen LogP) is 3.86. The SMILES string of the molecule is COc1cnc2[nH]cc(-c3nc(N(C)CCNC[C@](C)(O)C(C)C)c(Cl)cc3F)c2c1. The van der Waals surface area contributed by atoms with Crippen molar-refractivity contribution in [3.8, 4) is 17.0 Å². The largest absolute Gasteiger partial charge is 0.495 e. The molecule has 0 saturated heterocycles. The number of rotatable bonds is 9. The van der Waals surface area contributed by atoms with E-state index < -0.39 is 11.4 Å². The number of aliphatic hydroxyl groups is 1. The topological polar surface area (TPSA) is 86.3 Å². The van der Waals surface area contributed by atoms with Crippen molar-refractivity contribution in [2.45, 2.75) is 26.4 Å². The fraction of sp³-hybridized carbons (Fsp3) is 0.455. The maximum Gasteiger partial charge on any atom is 0.151 e. The molecule has 3 aromatic heterocycles. The van der Waals surface area contributed by atoms with Crippen molar-refractivity contribution >= 4 is 28.5 Å². The van der Waals surface area contributed by atoms with Gasteiger partial charge in [-0.3, -0.25) is 0 Å². The van der Waals surface area contributed by atoms with Crippen LogP contribution in [0.2, 0.25) is 5.02 Å². The Morgan fingerprint density at radius 2 is 2.13 bits per heavy atom. The van der Waals surface area contributed by atoms with Gasteiger partial charge in [0.05, 0.1) is 23.9 Å². The van der Waals surface area contributed by atoms with Gasteiger partial charge in [-0.2, -0.15) is 0 Å². The van der Waals surface area contributed by atoms with Crippen LogP contribution in [0.15, 0.2) is 24.5 Å². The molecule has 1 atom stereocenters. The molecule has 168 valence electrons. The van der Waals surface area contributed by atoms with Crippen molar-refractivity contribution < 1.29 is 14.2 Å². The highest BCUT2D eigenvalue weighted by molar-refractivity contribution is 6.33. The van der Waals surface area contributed by atoms with Crippen LogP contribution in [0, 0.1) is 11.7 Å². The second kappa shape index (κ2) is 9.38. The van der Waals surface area contributed by atoms with Crippen LogP contribution in [-0.2, 0) is 0 Å². The number of ether oxygens (including phenoxy) is 1. The monoisotopic (exact) mass is 449 g/mol. The average Bonchev–Trinajstić information content (AvgIpc) is 3.14. The molecule has 0 aliphatic rings. The molecule has 0 saturated carbocycles. The van der Waals surface area contributed by atoms with Gasteiger partial charge in [-0.1, -0.05) is 25.4 Å². The van der Waals surface area contributed by atoms with Crippen molar-refractivity contribution in [3.63, 3.8) is 0 Å². The molecule has 0 aliphatic heterocycles. The minimum Gasteiger partial charge on any atom is -0.495 e. The van der Waals surface area contributed by atoms with Gasteiger partial charge in [0, 0.05) is 43.8 Å². The Bertz CT molecular complexity index is 1050. The maximum absolute atomic E-state index is 14.8. The van der Waals surface area contributed by atoms with E-state index in [1.54, 1.807) is 25.6 Å². The second-order valence-corrected chi connectivity index (χ2v) is 8.62. The number of fused-ring (bicyclic) bond motifs is 1. The zero-order chi connectivity index (χ0) is 22.8. The van der Waals surface area contributed by atoms with Gasteiger partial charge in [-0.05, 0) is 25.0 Å². The third-order valence-corrected chi connectivity index (χ3v) is 5.90. The molecule has 0 bridgehead atoms. The van der Waals surface area contributed by atoms with Gasteiger partial charge in [0.25, 0.3) is 0 Å². The Morgan fingerprint density at radius 3 is 2.81 bits per heavy atom. The van der Waals surface area contributed by atoms with Gasteiger partial charge in [-0.15, -0.1) is 0 Å². The number of likely N-dealkylation sites (N-methyl/N-ethyl adjacent to an activating group) is 1. The number of aromatic amines is 1. The zero-order valence-electron chi connectivity index (χ0n) is 18.5. The number of H-pyrrole nitrogens is 1. The van der Waals surface area contributed by atoms with Crippen LogP contribution in [0.1, 0.15) is 20.8 Å². The van der Waals surface area contributed by atoms with Crippen LogP contribution in [-0.4, -0.2) is 59.5 Å². The molecular weight excluding hydrogens is 421 g/mol. The highest BCUT2D eigenvalue weighted by atomic mass is 35.5. The second-order valence-electron chi connectivity index (χ2n) is 8.21. The smallest absolute Gasteiger partial charge is 0.151 e. The van der Waals surface area contributed by atoms with Crippen LogP contribution in [0.4, 0.5) is 10.2 Å². The first-order valence-corrected chi connectivity index (χ1v) is 10.5. The van der Waals surface area contributed by atoms with E-state index in [9.17, 15) is 9.50 Å². The molecule has 9 heteroatoms.